The average molecular weight is 702 g/mol. The van der Waals surface area contributed by atoms with Gasteiger partial charge in [0, 0.05) is 32.6 Å². The number of carbonyl (C=O) groups is 2. The molecule has 0 spiro atoms. The molecule has 0 unspecified atom stereocenters. The molecule has 1 heterocycles. The van der Waals surface area contributed by atoms with Gasteiger partial charge in [-0.25, -0.2) is 8.42 Å². The van der Waals surface area contributed by atoms with Crippen molar-refractivity contribution in [3.63, 3.8) is 0 Å². The maximum Gasteiger partial charge on any atom is 0.261 e. The minimum absolute atomic E-state index is 0.136. The van der Waals surface area contributed by atoms with Gasteiger partial charge in [0.15, 0.2) is 18.1 Å². The van der Waals surface area contributed by atoms with Gasteiger partial charge in [-0.05, 0) is 59.5 Å². The summed E-state index contributed by atoms with van der Waals surface area (Å²) in [6.07, 6.45) is 0.826. The molecule has 4 aromatic carbocycles. The molecule has 50 heavy (non-hydrogen) atoms. The Morgan fingerprint density at radius 1 is 0.820 bits per heavy atom. The fourth-order valence-electron chi connectivity index (χ4n) is 5.69. The van der Waals surface area contributed by atoms with E-state index in [1.165, 1.54) is 28.6 Å². The van der Waals surface area contributed by atoms with E-state index in [1.807, 2.05) is 78.9 Å². The van der Waals surface area contributed by atoms with Gasteiger partial charge in [-0.1, -0.05) is 66.7 Å². The SMILES string of the molecule is COc1ccc(CCNC(=O)[C@H](Cc2ccccc2)N(Cc2ccccc2)C(=O)COc2ccc(S(=O)(=O)N3CCOCC3)cc2)cc1OC. The molecule has 0 bridgehead atoms. The Balaban J connectivity index is 1.32. The number of nitrogens with one attached hydrogen (secondary N) is 1. The molecule has 4 aromatic rings. The molecule has 1 aliphatic rings. The molecule has 0 radical (unpaired) electrons. The zero-order valence-corrected chi connectivity index (χ0v) is 29.1. The summed E-state index contributed by atoms with van der Waals surface area (Å²) in [5.41, 5.74) is 2.71. The summed E-state index contributed by atoms with van der Waals surface area (Å²) in [7, 11) is -0.522. The van der Waals surface area contributed by atoms with Gasteiger partial charge in [0.25, 0.3) is 5.91 Å². The first-order valence-corrected chi connectivity index (χ1v) is 17.9. The Labute approximate surface area is 293 Å². The van der Waals surface area contributed by atoms with Crippen molar-refractivity contribution in [1.82, 2.24) is 14.5 Å². The first kappa shape index (κ1) is 36.4. The number of amides is 2. The van der Waals surface area contributed by atoms with Gasteiger partial charge >= 0.3 is 0 Å². The smallest absolute Gasteiger partial charge is 0.261 e. The summed E-state index contributed by atoms with van der Waals surface area (Å²) in [6.45, 7) is 1.45. The fraction of sp³-hybridized carbons (Fsp3) is 0.316. The largest absolute Gasteiger partial charge is 0.493 e. The molecule has 1 saturated heterocycles. The molecular formula is C38H43N3O8S. The van der Waals surface area contributed by atoms with Gasteiger partial charge < -0.3 is 29.2 Å². The lowest BCUT2D eigenvalue weighted by molar-refractivity contribution is -0.142. The monoisotopic (exact) mass is 701 g/mol. The number of benzene rings is 4. The molecule has 1 aliphatic heterocycles. The number of ether oxygens (including phenoxy) is 4. The molecule has 264 valence electrons. The van der Waals surface area contributed by atoms with Crippen LogP contribution in [0.2, 0.25) is 0 Å². The van der Waals surface area contributed by atoms with Gasteiger partial charge in [0.2, 0.25) is 15.9 Å². The Kier molecular flexibility index (Phi) is 12.8. The lowest BCUT2D eigenvalue weighted by Crippen LogP contribution is -2.52. The highest BCUT2D eigenvalue weighted by Crippen LogP contribution is 2.28. The molecule has 0 saturated carbocycles. The van der Waals surface area contributed by atoms with Crippen LogP contribution in [0.15, 0.2) is 108 Å². The van der Waals surface area contributed by atoms with E-state index in [-0.39, 0.29) is 30.4 Å². The van der Waals surface area contributed by atoms with Crippen molar-refractivity contribution in [2.24, 2.45) is 0 Å². The molecule has 2 amide bonds. The fourth-order valence-corrected chi connectivity index (χ4v) is 7.10. The maximum atomic E-state index is 14.0. The molecule has 5 rings (SSSR count). The van der Waals surface area contributed by atoms with E-state index >= 15 is 0 Å². The number of carbonyl (C=O) groups excluding carboxylic acids is 2. The van der Waals surface area contributed by atoms with Gasteiger partial charge in [-0.3, -0.25) is 9.59 Å². The average Bonchev–Trinajstić information content (AvgIpc) is 3.16. The topological polar surface area (TPSA) is 124 Å². The van der Waals surface area contributed by atoms with Crippen molar-refractivity contribution in [3.8, 4) is 17.2 Å². The Morgan fingerprint density at radius 2 is 1.46 bits per heavy atom. The van der Waals surface area contributed by atoms with Crippen LogP contribution in [0.3, 0.4) is 0 Å². The van der Waals surface area contributed by atoms with Crippen LogP contribution in [0.4, 0.5) is 0 Å². The first-order valence-electron chi connectivity index (χ1n) is 16.4. The lowest BCUT2D eigenvalue weighted by Gasteiger charge is -2.31. The predicted molar refractivity (Wildman–Crippen MR) is 189 cm³/mol. The number of rotatable bonds is 16. The molecule has 1 fully saturated rings. The molecule has 12 heteroatoms. The van der Waals surface area contributed by atoms with Crippen molar-refractivity contribution in [1.29, 1.82) is 0 Å². The standard InChI is InChI=1S/C38H43N3O8S/c1-46-35-18-13-30(26-36(35)47-2)19-20-39-38(43)34(25-29-9-5-3-6-10-29)41(27-31-11-7-4-8-12-31)37(42)28-49-32-14-16-33(17-15-32)50(44,45)40-21-23-48-24-22-40/h3-18,26,34H,19-25,27-28H2,1-2H3,(H,39,43)/t34-/m0/s1. The van der Waals surface area contributed by atoms with Crippen molar-refractivity contribution in [3.05, 3.63) is 120 Å². The number of sulfonamides is 1. The van der Waals surface area contributed by atoms with Crippen LogP contribution in [-0.4, -0.2) is 89.2 Å². The number of morpholine rings is 1. The first-order chi connectivity index (χ1) is 24.3. The van der Waals surface area contributed by atoms with Crippen LogP contribution in [-0.2, 0) is 43.7 Å². The number of nitrogens with zero attached hydrogens (tertiary/aromatic N) is 2. The highest BCUT2D eigenvalue weighted by atomic mass is 32.2. The molecular weight excluding hydrogens is 658 g/mol. The zero-order chi connectivity index (χ0) is 35.3. The van der Waals surface area contributed by atoms with E-state index in [4.69, 9.17) is 18.9 Å². The second kappa shape index (κ2) is 17.7. The van der Waals surface area contributed by atoms with Crippen LogP contribution in [0.25, 0.3) is 0 Å². The van der Waals surface area contributed by atoms with Crippen LogP contribution in [0.1, 0.15) is 16.7 Å². The van der Waals surface area contributed by atoms with Crippen LogP contribution < -0.4 is 19.5 Å². The normalized spacial score (nSPS) is 14.0. The summed E-state index contributed by atoms with van der Waals surface area (Å²) < 4.78 is 49.4. The Morgan fingerprint density at radius 3 is 2.10 bits per heavy atom. The lowest BCUT2D eigenvalue weighted by atomic mass is 10.0. The molecule has 0 aliphatic carbocycles. The highest BCUT2D eigenvalue weighted by molar-refractivity contribution is 7.89. The van der Waals surface area contributed by atoms with Crippen molar-refractivity contribution in [2.75, 3.05) is 53.7 Å². The van der Waals surface area contributed by atoms with Crippen molar-refractivity contribution >= 4 is 21.8 Å². The third kappa shape index (κ3) is 9.62. The molecule has 11 nitrogen and oxygen atoms in total. The van der Waals surface area contributed by atoms with E-state index < -0.39 is 22.0 Å². The molecule has 0 aromatic heterocycles. The highest BCUT2D eigenvalue weighted by Gasteiger charge is 2.31. The third-order valence-corrected chi connectivity index (χ3v) is 10.3. The van der Waals surface area contributed by atoms with Crippen LogP contribution in [0, 0.1) is 0 Å². The van der Waals surface area contributed by atoms with Gasteiger partial charge in [0.1, 0.15) is 11.8 Å². The summed E-state index contributed by atoms with van der Waals surface area (Å²) in [6, 6.07) is 29.8. The van der Waals surface area contributed by atoms with E-state index in [0.29, 0.717) is 56.5 Å². The van der Waals surface area contributed by atoms with Gasteiger partial charge in [0.05, 0.1) is 32.3 Å². The van der Waals surface area contributed by atoms with E-state index in [1.54, 1.807) is 19.1 Å². The van der Waals surface area contributed by atoms with Crippen LogP contribution >= 0.6 is 0 Å². The minimum atomic E-state index is -3.67. The van der Waals surface area contributed by atoms with Crippen molar-refractivity contribution < 1.29 is 37.0 Å². The Bertz CT molecular complexity index is 1800. The summed E-state index contributed by atoms with van der Waals surface area (Å²) in [4.78, 5) is 29.7. The number of hydrogen-bond donors (Lipinski definition) is 1. The van der Waals surface area contributed by atoms with E-state index in [9.17, 15) is 18.0 Å². The van der Waals surface area contributed by atoms with Gasteiger partial charge in [-0.15, -0.1) is 0 Å². The van der Waals surface area contributed by atoms with E-state index in [2.05, 4.69) is 5.32 Å². The maximum absolute atomic E-state index is 14.0. The van der Waals surface area contributed by atoms with E-state index in [0.717, 1.165) is 16.7 Å². The third-order valence-electron chi connectivity index (χ3n) is 8.42. The van der Waals surface area contributed by atoms with Crippen LogP contribution in [0.5, 0.6) is 17.2 Å². The van der Waals surface area contributed by atoms with Gasteiger partial charge in [-0.2, -0.15) is 4.31 Å². The second-order valence-electron chi connectivity index (χ2n) is 11.7. The summed E-state index contributed by atoms with van der Waals surface area (Å²) in [5, 5.41) is 3.05. The Hall–Kier alpha value is -4.91. The predicted octanol–water partition coefficient (Wildman–Crippen LogP) is 4.10. The molecule has 1 atom stereocenters. The quantitative estimate of drug-likeness (QED) is 0.185. The number of methoxy groups -OCH3 is 2. The second-order valence-corrected chi connectivity index (χ2v) is 13.7. The zero-order valence-electron chi connectivity index (χ0n) is 28.3. The summed E-state index contributed by atoms with van der Waals surface area (Å²) >= 11 is 0. The summed E-state index contributed by atoms with van der Waals surface area (Å²) in [5.74, 6) is 0.866. The minimum Gasteiger partial charge on any atom is -0.493 e. The molecule has 1 N–H and O–H groups in total. The van der Waals surface area contributed by atoms with Crippen molar-refractivity contribution in [2.45, 2.75) is 30.3 Å². The number of hydrogen-bond acceptors (Lipinski definition) is 8.